The van der Waals surface area contributed by atoms with Gasteiger partial charge in [-0.25, -0.2) is 14.5 Å². The first-order valence-corrected chi connectivity index (χ1v) is 7.64. The molecule has 0 aliphatic heterocycles. The summed E-state index contributed by atoms with van der Waals surface area (Å²) in [6.45, 7) is 1.95. The molecule has 25 heavy (non-hydrogen) atoms. The van der Waals surface area contributed by atoms with Gasteiger partial charge in [-0.15, -0.1) is 0 Å². The summed E-state index contributed by atoms with van der Waals surface area (Å²) in [7, 11) is 0. The van der Waals surface area contributed by atoms with Gasteiger partial charge in [-0.3, -0.25) is 0 Å². The fourth-order valence-corrected chi connectivity index (χ4v) is 2.62. The smallest absolute Gasteiger partial charge is 0.475 e. The molecule has 6 nitrogen and oxygen atoms in total. The number of alkyl halides is 3. The number of carboxylic acids is 1. The maximum atomic E-state index is 10.6. The molecule has 0 atom stereocenters. The zero-order valence-electron chi connectivity index (χ0n) is 12.9. The molecule has 0 saturated heterocycles. The van der Waals surface area contributed by atoms with Gasteiger partial charge in [0.2, 0.25) is 0 Å². The van der Waals surface area contributed by atoms with Crippen LogP contribution in [0.3, 0.4) is 0 Å². The van der Waals surface area contributed by atoms with E-state index in [0.717, 1.165) is 22.0 Å². The standard InChI is InChI=1S/C13H12N4S.C2HF3O2/c1-9-12(18-13(14)15-9)11-7-8-17(16-11)10-5-3-2-4-6-10;3-2(4,5)1(6)7/h2-8H,1H3,(H2,14,15);(H,6,7). The maximum absolute atomic E-state index is 10.6. The van der Waals surface area contributed by atoms with Gasteiger partial charge in [0.15, 0.2) is 5.13 Å². The second-order valence-corrected chi connectivity index (χ2v) is 5.78. The Morgan fingerprint density at radius 3 is 2.32 bits per heavy atom. The number of benzene rings is 1. The summed E-state index contributed by atoms with van der Waals surface area (Å²) in [6, 6.07) is 12.0. The fraction of sp³-hybridized carbons (Fsp3) is 0.133. The van der Waals surface area contributed by atoms with E-state index in [1.54, 1.807) is 0 Å². The van der Waals surface area contributed by atoms with E-state index in [1.807, 2.05) is 54.2 Å². The molecule has 0 aliphatic rings. The number of nitrogens with two attached hydrogens (primary N) is 1. The second kappa shape index (κ2) is 7.34. The Bertz CT molecular complexity index is 859. The van der Waals surface area contributed by atoms with Crippen molar-refractivity contribution in [3.8, 4) is 16.3 Å². The van der Waals surface area contributed by atoms with E-state index in [9.17, 15) is 13.2 Å². The molecule has 0 unspecified atom stereocenters. The molecule has 3 rings (SSSR count). The van der Waals surface area contributed by atoms with Gasteiger partial charge in [0.05, 0.1) is 16.3 Å². The van der Waals surface area contributed by atoms with Crippen molar-refractivity contribution in [3.05, 3.63) is 48.3 Å². The van der Waals surface area contributed by atoms with Crippen molar-refractivity contribution in [1.82, 2.24) is 14.8 Å². The number of nitrogen functional groups attached to an aromatic ring is 1. The van der Waals surface area contributed by atoms with Gasteiger partial charge in [0.25, 0.3) is 0 Å². The number of halogens is 3. The lowest BCUT2D eigenvalue weighted by molar-refractivity contribution is -0.192. The molecule has 0 saturated carbocycles. The molecular weight excluding hydrogens is 357 g/mol. The van der Waals surface area contributed by atoms with Crippen molar-refractivity contribution in [2.45, 2.75) is 13.1 Å². The molecule has 0 amide bonds. The summed E-state index contributed by atoms with van der Waals surface area (Å²) in [5.74, 6) is -2.76. The minimum Gasteiger partial charge on any atom is -0.475 e. The van der Waals surface area contributed by atoms with Gasteiger partial charge < -0.3 is 10.8 Å². The number of carboxylic acid groups (broad SMARTS) is 1. The maximum Gasteiger partial charge on any atom is 0.490 e. The average Bonchev–Trinajstić information content (AvgIpc) is 3.14. The van der Waals surface area contributed by atoms with Crippen molar-refractivity contribution in [1.29, 1.82) is 0 Å². The lowest BCUT2D eigenvalue weighted by Gasteiger charge is -1.99. The van der Waals surface area contributed by atoms with Crippen molar-refractivity contribution < 1.29 is 23.1 Å². The van der Waals surface area contributed by atoms with Crippen LogP contribution in [0.25, 0.3) is 16.3 Å². The summed E-state index contributed by atoms with van der Waals surface area (Å²) >= 11 is 1.47. The highest BCUT2D eigenvalue weighted by molar-refractivity contribution is 7.18. The monoisotopic (exact) mass is 370 g/mol. The van der Waals surface area contributed by atoms with Crippen LogP contribution < -0.4 is 5.73 Å². The van der Waals surface area contributed by atoms with Crippen molar-refractivity contribution in [2.24, 2.45) is 0 Å². The number of aromatic nitrogens is 3. The molecule has 2 heterocycles. The summed E-state index contributed by atoms with van der Waals surface area (Å²) in [5, 5.41) is 12.3. The Hall–Kier alpha value is -2.88. The van der Waals surface area contributed by atoms with Crippen LogP contribution in [0.2, 0.25) is 0 Å². The summed E-state index contributed by atoms with van der Waals surface area (Å²) in [5.41, 5.74) is 8.58. The van der Waals surface area contributed by atoms with E-state index in [2.05, 4.69) is 10.1 Å². The van der Waals surface area contributed by atoms with Crippen LogP contribution in [0.5, 0.6) is 0 Å². The highest BCUT2D eigenvalue weighted by Crippen LogP contribution is 2.30. The van der Waals surface area contributed by atoms with Crippen molar-refractivity contribution >= 4 is 22.4 Å². The third kappa shape index (κ3) is 4.80. The van der Waals surface area contributed by atoms with Crippen molar-refractivity contribution in [3.63, 3.8) is 0 Å². The Kier molecular flexibility index (Phi) is 5.42. The van der Waals surface area contributed by atoms with E-state index < -0.39 is 12.1 Å². The van der Waals surface area contributed by atoms with Crippen LogP contribution >= 0.6 is 11.3 Å². The third-order valence-corrected chi connectivity index (χ3v) is 3.91. The molecule has 0 bridgehead atoms. The number of hydrogen-bond donors (Lipinski definition) is 2. The molecule has 0 fully saturated rings. The van der Waals surface area contributed by atoms with Gasteiger partial charge >= 0.3 is 12.1 Å². The molecule has 3 aromatic rings. The number of thiazole rings is 1. The number of carbonyl (C=O) groups is 1. The largest absolute Gasteiger partial charge is 0.490 e. The first-order valence-electron chi connectivity index (χ1n) is 6.83. The van der Waals surface area contributed by atoms with Crippen LogP contribution in [0.1, 0.15) is 5.69 Å². The number of rotatable bonds is 2. The molecule has 0 radical (unpaired) electrons. The van der Waals surface area contributed by atoms with E-state index >= 15 is 0 Å². The highest BCUT2D eigenvalue weighted by Gasteiger charge is 2.38. The summed E-state index contributed by atoms with van der Waals surface area (Å²) in [6.07, 6.45) is -3.14. The number of anilines is 1. The first kappa shape index (κ1) is 18.5. The highest BCUT2D eigenvalue weighted by atomic mass is 32.1. The van der Waals surface area contributed by atoms with E-state index in [-0.39, 0.29) is 0 Å². The molecule has 1 aromatic carbocycles. The Morgan fingerprint density at radius 2 is 1.84 bits per heavy atom. The molecule has 3 N–H and O–H groups in total. The van der Waals surface area contributed by atoms with E-state index in [0.29, 0.717) is 5.13 Å². The number of nitrogens with zero attached hydrogens (tertiary/aromatic N) is 3. The SMILES string of the molecule is Cc1nc(N)sc1-c1ccn(-c2ccccc2)n1.O=C(O)C(F)(F)F. The predicted octanol–water partition coefficient (Wildman–Crippen LogP) is 3.52. The minimum atomic E-state index is -5.08. The zero-order valence-corrected chi connectivity index (χ0v) is 13.7. The quantitative estimate of drug-likeness (QED) is 0.720. The molecule has 10 heteroatoms. The molecule has 0 aliphatic carbocycles. The summed E-state index contributed by atoms with van der Waals surface area (Å²) in [4.78, 5) is 14.1. The minimum absolute atomic E-state index is 0.580. The zero-order chi connectivity index (χ0) is 18.6. The van der Waals surface area contributed by atoms with Gasteiger partial charge in [-0.2, -0.15) is 18.3 Å². The molecule has 132 valence electrons. The van der Waals surface area contributed by atoms with Crippen molar-refractivity contribution in [2.75, 3.05) is 5.73 Å². The first-order chi connectivity index (χ1) is 11.7. The molecule has 0 spiro atoms. The summed E-state index contributed by atoms with van der Waals surface area (Å²) < 4.78 is 33.6. The number of para-hydroxylation sites is 1. The van der Waals surface area contributed by atoms with Gasteiger partial charge in [0, 0.05) is 6.20 Å². The van der Waals surface area contributed by atoms with Crippen LogP contribution in [0, 0.1) is 6.92 Å². The number of hydrogen-bond acceptors (Lipinski definition) is 5. The fourth-order valence-electron chi connectivity index (χ4n) is 1.82. The van der Waals surface area contributed by atoms with Crippen LogP contribution in [0.4, 0.5) is 18.3 Å². The van der Waals surface area contributed by atoms with Gasteiger partial charge in [-0.05, 0) is 25.1 Å². The molecular formula is C15H13F3N4O2S. The number of aryl methyl sites for hydroxylation is 1. The lowest BCUT2D eigenvalue weighted by Crippen LogP contribution is -2.21. The Labute approximate surface area is 144 Å². The number of aliphatic carboxylic acids is 1. The second-order valence-electron chi connectivity index (χ2n) is 4.75. The topological polar surface area (TPSA) is 94.0 Å². The van der Waals surface area contributed by atoms with E-state index in [4.69, 9.17) is 15.6 Å². The Balaban J connectivity index is 0.000000277. The normalized spacial score (nSPS) is 10.9. The predicted molar refractivity (Wildman–Crippen MR) is 87.5 cm³/mol. The Morgan fingerprint density at radius 1 is 1.24 bits per heavy atom. The van der Waals surface area contributed by atoms with E-state index in [1.165, 1.54) is 11.3 Å². The lowest BCUT2D eigenvalue weighted by atomic mass is 10.3. The third-order valence-electron chi connectivity index (χ3n) is 2.90. The van der Waals surface area contributed by atoms with Crippen LogP contribution in [-0.2, 0) is 4.79 Å². The van der Waals surface area contributed by atoms with Gasteiger partial charge in [-0.1, -0.05) is 29.5 Å². The van der Waals surface area contributed by atoms with Crippen LogP contribution in [-0.4, -0.2) is 32.0 Å². The van der Waals surface area contributed by atoms with Crippen LogP contribution in [0.15, 0.2) is 42.6 Å². The van der Waals surface area contributed by atoms with Gasteiger partial charge in [0.1, 0.15) is 5.69 Å². The molecule has 2 aromatic heterocycles. The average molecular weight is 370 g/mol.